The van der Waals surface area contributed by atoms with Crippen molar-refractivity contribution in [2.24, 2.45) is 0 Å². The lowest BCUT2D eigenvalue weighted by molar-refractivity contribution is -0.121. The van der Waals surface area contributed by atoms with Crippen molar-refractivity contribution in [2.45, 2.75) is 38.3 Å². The van der Waals surface area contributed by atoms with E-state index in [4.69, 9.17) is 0 Å². The highest BCUT2D eigenvalue weighted by Gasteiger charge is 2.23. The van der Waals surface area contributed by atoms with Gasteiger partial charge in [-0.2, -0.15) is 0 Å². The van der Waals surface area contributed by atoms with Crippen LogP contribution in [0.15, 0.2) is 60.8 Å². The van der Waals surface area contributed by atoms with Crippen LogP contribution in [0.3, 0.4) is 0 Å². The van der Waals surface area contributed by atoms with Gasteiger partial charge in [0.25, 0.3) is 0 Å². The fraction of sp³-hybridized carbons (Fsp3) is 0.240. The molecule has 0 spiro atoms. The smallest absolute Gasteiger partial charge is 0.220 e. The summed E-state index contributed by atoms with van der Waals surface area (Å²) in [5, 5.41) is 3.14. The molecule has 4 aromatic rings. The molecule has 2 heterocycles. The Morgan fingerprint density at radius 2 is 1.97 bits per heavy atom. The molecule has 1 unspecified atom stereocenters. The fourth-order valence-electron chi connectivity index (χ4n) is 4.38. The summed E-state index contributed by atoms with van der Waals surface area (Å²) in [4.78, 5) is 21.7. The molecule has 0 bridgehead atoms. The van der Waals surface area contributed by atoms with Gasteiger partial charge in [0.2, 0.25) is 5.91 Å². The van der Waals surface area contributed by atoms with Crippen LogP contribution in [0.1, 0.15) is 41.4 Å². The standard InChI is InChI=1S/C25H22F2N4O/c26-19-9-7-16(14-20(19)27)15-31-23(29-22-6-3-13-28-25(22)31)11-12-24(32)30-21-10-8-17-4-1-2-5-18(17)21/h1-7,9,13-14,21H,8,10-12,15H2,(H,30,32). The van der Waals surface area contributed by atoms with Crippen LogP contribution in [0, 0.1) is 11.6 Å². The molecule has 0 fully saturated rings. The predicted octanol–water partition coefficient (Wildman–Crippen LogP) is 4.49. The number of nitrogens with one attached hydrogen (secondary N) is 1. The largest absolute Gasteiger partial charge is 0.349 e. The predicted molar refractivity (Wildman–Crippen MR) is 117 cm³/mol. The number of hydrogen-bond donors (Lipinski definition) is 1. The van der Waals surface area contributed by atoms with E-state index in [9.17, 15) is 13.6 Å². The average molecular weight is 432 g/mol. The molecular formula is C25H22F2N4O. The van der Waals surface area contributed by atoms with Crippen LogP contribution >= 0.6 is 0 Å². The molecule has 0 aliphatic heterocycles. The minimum Gasteiger partial charge on any atom is -0.349 e. The zero-order valence-corrected chi connectivity index (χ0v) is 17.4. The van der Waals surface area contributed by atoms with Gasteiger partial charge in [-0.3, -0.25) is 4.79 Å². The lowest BCUT2D eigenvalue weighted by atomic mass is 10.1. The highest BCUT2D eigenvalue weighted by molar-refractivity contribution is 5.77. The Morgan fingerprint density at radius 3 is 2.84 bits per heavy atom. The third kappa shape index (κ3) is 3.98. The maximum atomic E-state index is 13.7. The lowest BCUT2D eigenvalue weighted by Crippen LogP contribution is -2.27. The summed E-state index contributed by atoms with van der Waals surface area (Å²) in [6, 6.07) is 15.7. The minimum absolute atomic E-state index is 0.0360. The molecule has 2 aromatic carbocycles. The zero-order chi connectivity index (χ0) is 22.1. The average Bonchev–Trinajstić information content (AvgIpc) is 3.36. The number of halogens is 2. The van der Waals surface area contributed by atoms with Crippen LogP contribution in [-0.4, -0.2) is 20.4 Å². The zero-order valence-electron chi connectivity index (χ0n) is 17.4. The van der Waals surface area contributed by atoms with Gasteiger partial charge < -0.3 is 9.88 Å². The molecule has 1 N–H and O–H groups in total. The van der Waals surface area contributed by atoms with E-state index in [2.05, 4.69) is 27.4 Å². The van der Waals surface area contributed by atoms with Gasteiger partial charge in [-0.25, -0.2) is 18.7 Å². The molecule has 5 nitrogen and oxygen atoms in total. The maximum absolute atomic E-state index is 13.7. The van der Waals surface area contributed by atoms with E-state index in [1.165, 1.54) is 17.2 Å². The molecule has 1 amide bonds. The number of benzene rings is 2. The number of carbonyl (C=O) groups excluding carboxylic acids is 1. The van der Waals surface area contributed by atoms with Crippen LogP contribution in [0.25, 0.3) is 11.2 Å². The molecule has 5 rings (SSSR count). The van der Waals surface area contributed by atoms with E-state index in [0.29, 0.717) is 29.0 Å². The first-order chi connectivity index (χ1) is 15.6. The first kappa shape index (κ1) is 20.3. The number of hydrogen-bond acceptors (Lipinski definition) is 3. The van der Waals surface area contributed by atoms with Crippen molar-refractivity contribution in [3.8, 4) is 0 Å². The maximum Gasteiger partial charge on any atom is 0.220 e. The van der Waals surface area contributed by atoms with Crippen molar-refractivity contribution in [1.82, 2.24) is 19.9 Å². The van der Waals surface area contributed by atoms with Crippen molar-refractivity contribution in [2.75, 3.05) is 0 Å². The van der Waals surface area contributed by atoms with E-state index in [0.717, 1.165) is 18.9 Å². The normalized spacial score (nSPS) is 15.1. The second-order valence-corrected chi connectivity index (χ2v) is 8.07. The van der Waals surface area contributed by atoms with Gasteiger partial charge in [0, 0.05) is 19.0 Å². The molecule has 0 radical (unpaired) electrons. The highest BCUT2D eigenvalue weighted by Crippen LogP contribution is 2.30. The van der Waals surface area contributed by atoms with E-state index in [1.54, 1.807) is 18.3 Å². The summed E-state index contributed by atoms with van der Waals surface area (Å²) in [5.74, 6) is -1.12. The van der Waals surface area contributed by atoms with Gasteiger partial charge in [-0.15, -0.1) is 0 Å². The molecule has 1 atom stereocenters. The Bertz CT molecular complexity index is 1300. The molecule has 162 valence electrons. The fourth-order valence-corrected chi connectivity index (χ4v) is 4.38. The van der Waals surface area contributed by atoms with Gasteiger partial charge in [-0.05, 0) is 53.8 Å². The van der Waals surface area contributed by atoms with Crippen molar-refractivity contribution in [1.29, 1.82) is 0 Å². The molecular weight excluding hydrogens is 410 g/mol. The number of pyridine rings is 1. The van der Waals surface area contributed by atoms with E-state index in [-0.39, 0.29) is 24.9 Å². The number of rotatable bonds is 6. The molecule has 1 aliphatic rings. The van der Waals surface area contributed by atoms with Gasteiger partial charge in [0.05, 0.1) is 12.6 Å². The summed E-state index contributed by atoms with van der Waals surface area (Å²) >= 11 is 0. The summed E-state index contributed by atoms with van der Waals surface area (Å²) in [6.45, 7) is 0.289. The molecule has 2 aromatic heterocycles. The Balaban J connectivity index is 1.33. The summed E-state index contributed by atoms with van der Waals surface area (Å²) in [5.41, 5.74) is 4.43. The van der Waals surface area contributed by atoms with Crippen LogP contribution in [-0.2, 0) is 24.2 Å². The van der Waals surface area contributed by atoms with E-state index in [1.807, 2.05) is 22.8 Å². The second-order valence-electron chi connectivity index (χ2n) is 8.07. The van der Waals surface area contributed by atoms with Crippen LogP contribution < -0.4 is 5.32 Å². The first-order valence-electron chi connectivity index (χ1n) is 10.7. The molecule has 7 heteroatoms. The van der Waals surface area contributed by atoms with Gasteiger partial charge in [0.1, 0.15) is 11.3 Å². The number of nitrogens with zero attached hydrogens (tertiary/aromatic N) is 3. The number of imidazole rings is 1. The minimum atomic E-state index is -0.891. The summed E-state index contributed by atoms with van der Waals surface area (Å²) in [7, 11) is 0. The van der Waals surface area contributed by atoms with Crippen molar-refractivity contribution < 1.29 is 13.6 Å². The number of aromatic nitrogens is 3. The Kier molecular flexibility index (Phi) is 5.39. The third-order valence-corrected chi connectivity index (χ3v) is 5.95. The SMILES string of the molecule is O=C(CCc1nc2cccnc2n1Cc1ccc(F)c(F)c1)NC1CCc2ccccc21. The first-order valence-corrected chi connectivity index (χ1v) is 10.7. The summed E-state index contributed by atoms with van der Waals surface area (Å²) < 4.78 is 28.9. The quantitative estimate of drug-likeness (QED) is 0.488. The van der Waals surface area contributed by atoms with E-state index >= 15 is 0 Å². The van der Waals surface area contributed by atoms with Gasteiger partial charge in [-0.1, -0.05) is 30.3 Å². The number of amides is 1. The van der Waals surface area contributed by atoms with Crippen molar-refractivity contribution in [3.63, 3.8) is 0 Å². The number of fused-ring (bicyclic) bond motifs is 2. The Morgan fingerprint density at radius 1 is 1.09 bits per heavy atom. The van der Waals surface area contributed by atoms with Crippen molar-refractivity contribution >= 4 is 17.1 Å². The van der Waals surface area contributed by atoms with Crippen LogP contribution in [0.5, 0.6) is 0 Å². The summed E-state index contributed by atoms with van der Waals surface area (Å²) in [6.07, 6.45) is 4.24. The molecule has 32 heavy (non-hydrogen) atoms. The van der Waals surface area contributed by atoms with Gasteiger partial charge in [0.15, 0.2) is 17.3 Å². The Labute approximate surface area is 184 Å². The second kappa shape index (κ2) is 8.49. The highest BCUT2D eigenvalue weighted by atomic mass is 19.2. The third-order valence-electron chi connectivity index (χ3n) is 5.95. The van der Waals surface area contributed by atoms with Crippen molar-refractivity contribution in [3.05, 3.63) is 94.9 Å². The van der Waals surface area contributed by atoms with Crippen LogP contribution in [0.4, 0.5) is 8.78 Å². The van der Waals surface area contributed by atoms with Gasteiger partial charge >= 0.3 is 0 Å². The van der Waals surface area contributed by atoms with E-state index < -0.39 is 11.6 Å². The monoisotopic (exact) mass is 432 g/mol. The topological polar surface area (TPSA) is 59.8 Å². The van der Waals surface area contributed by atoms with Crippen LogP contribution in [0.2, 0.25) is 0 Å². The molecule has 1 aliphatic carbocycles. The number of aryl methyl sites for hydroxylation is 2. The Hall–Kier alpha value is -3.61. The number of carbonyl (C=O) groups is 1. The molecule has 0 saturated heterocycles. The molecule has 0 saturated carbocycles. The lowest BCUT2D eigenvalue weighted by Gasteiger charge is -2.14.